The maximum Gasteiger partial charge on any atom is 0.245 e. The Morgan fingerprint density at radius 3 is 2.24 bits per heavy atom. The summed E-state index contributed by atoms with van der Waals surface area (Å²) in [7, 11) is -2.77. The SMILES string of the molecule is COc1ccc(Cl)cc1S(=O)(=O)N[C@@H](Cc1ccccc1)C(=O)N[C@H](C)c1ccc(Cl)cc1. The summed E-state index contributed by atoms with van der Waals surface area (Å²) in [5, 5.41) is 3.70. The van der Waals surface area contributed by atoms with Crippen LogP contribution < -0.4 is 14.8 Å². The molecule has 6 nitrogen and oxygen atoms in total. The van der Waals surface area contributed by atoms with Crippen LogP contribution in [0.1, 0.15) is 24.1 Å². The van der Waals surface area contributed by atoms with Crippen molar-refractivity contribution in [3.05, 3.63) is 94.0 Å². The number of benzene rings is 3. The first-order chi connectivity index (χ1) is 15.7. The molecule has 0 saturated carbocycles. The maximum atomic E-state index is 13.2. The third-order valence-corrected chi connectivity index (χ3v) is 7.02. The largest absolute Gasteiger partial charge is 0.495 e. The Balaban J connectivity index is 1.88. The van der Waals surface area contributed by atoms with Crippen LogP contribution in [0.3, 0.4) is 0 Å². The van der Waals surface area contributed by atoms with Gasteiger partial charge in [0.05, 0.1) is 13.2 Å². The topological polar surface area (TPSA) is 84.5 Å². The molecular formula is C24H24Cl2N2O4S. The van der Waals surface area contributed by atoms with Crippen LogP contribution in [-0.4, -0.2) is 27.5 Å². The van der Waals surface area contributed by atoms with Gasteiger partial charge >= 0.3 is 0 Å². The van der Waals surface area contributed by atoms with E-state index in [0.29, 0.717) is 5.02 Å². The lowest BCUT2D eigenvalue weighted by Gasteiger charge is -2.22. The quantitative estimate of drug-likeness (QED) is 0.437. The third kappa shape index (κ3) is 6.71. The second kappa shape index (κ2) is 11.0. The molecule has 0 heterocycles. The third-order valence-electron chi connectivity index (χ3n) is 5.04. The van der Waals surface area contributed by atoms with Crippen LogP contribution in [0.15, 0.2) is 77.7 Å². The van der Waals surface area contributed by atoms with E-state index in [-0.39, 0.29) is 28.1 Å². The monoisotopic (exact) mass is 506 g/mol. The van der Waals surface area contributed by atoms with Crippen molar-refractivity contribution in [3.63, 3.8) is 0 Å². The van der Waals surface area contributed by atoms with Gasteiger partial charge < -0.3 is 10.1 Å². The van der Waals surface area contributed by atoms with Gasteiger partial charge in [-0.15, -0.1) is 0 Å². The van der Waals surface area contributed by atoms with E-state index in [1.165, 1.54) is 25.3 Å². The number of amides is 1. The second-order valence-electron chi connectivity index (χ2n) is 7.44. The Morgan fingerprint density at radius 2 is 1.61 bits per heavy atom. The highest BCUT2D eigenvalue weighted by Crippen LogP contribution is 2.27. The van der Waals surface area contributed by atoms with Gasteiger partial charge in [0.15, 0.2) is 0 Å². The molecule has 0 spiro atoms. The molecule has 3 aromatic carbocycles. The first kappa shape index (κ1) is 25.1. The number of halogens is 2. The van der Waals surface area contributed by atoms with E-state index < -0.39 is 22.0 Å². The normalized spacial score (nSPS) is 13.2. The Bertz CT molecular complexity index is 1200. The average molecular weight is 507 g/mol. The highest BCUT2D eigenvalue weighted by molar-refractivity contribution is 7.89. The van der Waals surface area contributed by atoms with Crippen LogP contribution in [0, 0.1) is 0 Å². The summed E-state index contributed by atoms with van der Waals surface area (Å²) < 4.78 is 34.2. The van der Waals surface area contributed by atoms with E-state index >= 15 is 0 Å². The van der Waals surface area contributed by atoms with E-state index in [1.54, 1.807) is 24.3 Å². The molecule has 0 aliphatic rings. The van der Waals surface area contributed by atoms with Crippen LogP contribution >= 0.6 is 23.2 Å². The fourth-order valence-electron chi connectivity index (χ4n) is 3.30. The van der Waals surface area contributed by atoms with Crippen LogP contribution in [-0.2, 0) is 21.2 Å². The Kier molecular flexibility index (Phi) is 8.37. The molecule has 1 amide bonds. The minimum atomic E-state index is -4.13. The molecule has 2 atom stereocenters. The fraction of sp³-hybridized carbons (Fsp3) is 0.208. The number of hydrogen-bond acceptors (Lipinski definition) is 4. The van der Waals surface area contributed by atoms with E-state index in [0.717, 1.165) is 11.1 Å². The summed E-state index contributed by atoms with van der Waals surface area (Å²) in [4.78, 5) is 13.1. The molecule has 2 N–H and O–H groups in total. The summed E-state index contributed by atoms with van der Waals surface area (Å²) >= 11 is 12.0. The molecule has 0 unspecified atom stereocenters. The smallest absolute Gasteiger partial charge is 0.245 e. The van der Waals surface area contributed by atoms with Crippen molar-refractivity contribution in [2.75, 3.05) is 7.11 Å². The highest BCUT2D eigenvalue weighted by Gasteiger charge is 2.29. The van der Waals surface area contributed by atoms with Gasteiger partial charge in [-0.25, -0.2) is 8.42 Å². The molecule has 0 aliphatic carbocycles. The summed E-state index contributed by atoms with van der Waals surface area (Å²) in [6.45, 7) is 1.81. The van der Waals surface area contributed by atoms with Gasteiger partial charge in [-0.1, -0.05) is 65.7 Å². The number of carbonyl (C=O) groups is 1. The van der Waals surface area contributed by atoms with Crippen LogP contribution in [0.4, 0.5) is 0 Å². The molecule has 0 bridgehead atoms. The van der Waals surface area contributed by atoms with Crippen molar-refractivity contribution in [2.45, 2.75) is 30.3 Å². The van der Waals surface area contributed by atoms with E-state index in [2.05, 4.69) is 10.0 Å². The maximum absolute atomic E-state index is 13.2. The van der Waals surface area contributed by atoms with Gasteiger partial charge in [0.1, 0.15) is 16.7 Å². The van der Waals surface area contributed by atoms with Crippen LogP contribution in [0.2, 0.25) is 10.0 Å². The molecule has 0 saturated heterocycles. The molecular weight excluding hydrogens is 483 g/mol. The number of methoxy groups -OCH3 is 1. The van der Waals surface area contributed by atoms with Crippen molar-refractivity contribution in [3.8, 4) is 5.75 Å². The van der Waals surface area contributed by atoms with Crippen molar-refractivity contribution in [1.29, 1.82) is 0 Å². The minimum absolute atomic E-state index is 0.125. The van der Waals surface area contributed by atoms with Gasteiger partial charge in [0.25, 0.3) is 0 Å². The van der Waals surface area contributed by atoms with E-state index in [9.17, 15) is 13.2 Å². The zero-order chi connectivity index (χ0) is 24.0. The van der Waals surface area contributed by atoms with Crippen molar-refractivity contribution < 1.29 is 17.9 Å². The van der Waals surface area contributed by atoms with Crippen LogP contribution in [0.5, 0.6) is 5.75 Å². The Hall–Kier alpha value is -2.58. The number of sulfonamides is 1. The van der Waals surface area contributed by atoms with Gasteiger partial charge in [0.2, 0.25) is 15.9 Å². The lowest BCUT2D eigenvalue weighted by molar-refractivity contribution is -0.123. The Labute approximate surface area is 203 Å². The summed E-state index contributed by atoms with van der Waals surface area (Å²) in [6.07, 6.45) is 0.155. The van der Waals surface area contributed by atoms with E-state index in [1.807, 2.05) is 37.3 Å². The number of carbonyl (C=O) groups excluding carboxylic acids is 1. The first-order valence-electron chi connectivity index (χ1n) is 10.1. The summed E-state index contributed by atoms with van der Waals surface area (Å²) in [6, 6.07) is 19.1. The number of hydrogen-bond donors (Lipinski definition) is 2. The predicted molar refractivity (Wildman–Crippen MR) is 130 cm³/mol. The van der Waals surface area contributed by atoms with Gasteiger partial charge in [0, 0.05) is 10.0 Å². The lowest BCUT2D eigenvalue weighted by atomic mass is 10.0. The summed E-state index contributed by atoms with van der Waals surface area (Å²) in [5.74, 6) is -0.342. The number of ether oxygens (including phenoxy) is 1. The standard InChI is InChI=1S/C24H24Cl2N2O4S/c1-16(18-8-10-19(25)11-9-18)27-24(29)21(14-17-6-4-3-5-7-17)28-33(30,31)23-15-20(26)12-13-22(23)32-2/h3-13,15-16,21,28H,14H2,1-2H3,(H,27,29)/t16-,21+/m1/s1. The van der Waals surface area contributed by atoms with E-state index in [4.69, 9.17) is 27.9 Å². The molecule has 174 valence electrons. The molecule has 9 heteroatoms. The molecule has 0 fully saturated rings. The zero-order valence-electron chi connectivity index (χ0n) is 18.1. The first-order valence-corrected chi connectivity index (χ1v) is 12.4. The van der Waals surface area contributed by atoms with Gasteiger partial charge in [-0.2, -0.15) is 4.72 Å². The van der Waals surface area contributed by atoms with Crippen LogP contribution in [0.25, 0.3) is 0 Å². The molecule has 0 radical (unpaired) electrons. The molecule has 3 aromatic rings. The van der Waals surface area contributed by atoms with Crippen molar-refractivity contribution in [2.24, 2.45) is 0 Å². The number of rotatable bonds is 9. The van der Waals surface area contributed by atoms with Crippen molar-refractivity contribution in [1.82, 2.24) is 10.0 Å². The number of nitrogens with one attached hydrogen (secondary N) is 2. The Morgan fingerprint density at radius 1 is 0.970 bits per heavy atom. The average Bonchev–Trinajstić information content (AvgIpc) is 2.79. The highest BCUT2D eigenvalue weighted by atomic mass is 35.5. The second-order valence-corrected chi connectivity index (χ2v) is 10.00. The fourth-order valence-corrected chi connectivity index (χ4v) is 5.05. The predicted octanol–water partition coefficient (Wildman–Crippen LogP) is 4.77. The molecule has 33 heavy (non-hydrogen) atoms. The lowest BCUT2D eigenvalue weighted by Crippen LogP contribution is -2.48. The molecule has 0 aliphatic heterocycles. The molecule has 3 rings (SSSR count). The molecule has 0 aromatic heterocycles. The minimum Gasteiger partial charge on any atom is -0.495 e. The van der Waals surface area contributed by atoms with Gasteiger partial charge in [-0.3, -0.25) is 4.79 Å². The van der Waals surface area contributed by atoms with Crippen molar-refractivity contribution >= 4 is 39.1 Å². The summed E-state index contributed by atoms with van der Waals surface area (Å²) in [5.41, 5.74) is 1.64. The van der Waals surface area contributed by atoms with Gasteiger partial charge in [-0.05, 0) is 54.8 Å². The zero-order valence-corrected chi connectivity index (χ0v) is 20.4.